The summed E-state index contributed by atoms with van der Waals surface area (Å²) in [4.78, 5) is 12.6. The Morgan fingerprint density at radius 3 is 2.54 bits per heavy atom. The zero-order valence-corrected chi connectivity index (χ0v) is 16.3. The normalized spacial score (nSPS) is 11.2. The van der Waals surface area contributed by atoms with Crippen LogP contribution in [0.2, 0.25) is 0 Å². The number of nitrogens with zero attached hydrogens (tertiary/aromatic N) is 2. The molecule has 0 atom stereocenters. The first-order valence-corrected chi connectivity index (χ1v) is 10.6. The van der Waals surface area contributed by atoms with E-state index in [0.717, 1.165) is 11.3 Å². The molecule has 0 saturated carbocycles. The number of amides is 1. The van der Waals surface area contributed by atoms with Gasteiger partial charge in [-0.2, -0.15) is 5.10 Å². The lowest BCUT2D eigenvalue weighted by Crippen LogP contribution is -2.25. The van der Waals surface area contributed by atoms with Crippen molar-refractivity contribution in [3.63, 3.8) is 0 Å². The third-order valence-electron chi connectivity index (χ3n) is 4.02. The first-order chi connectivity index (χ1) is 13.5. The van der Waals surface area contributed by atoms with Crippen LogP contribution in [0.15, 0.2) is 67.0 Å². The highest BCUT2D eigenvalue weighted by molar-refractivity contribution is 7.92. The van der Waals surface area contributed by atoms with E-state index in [1.807, 2.05) is 36.5 Å². The molecule has 0 spiro atoms. The van der Waals surface area contributed by atoms with Gasteiger partial charge in [-0.1, -0.05) is 37.3 Å². The molecule has 0 fully saturated rings. The number of nitrogens with one attached hydrogen (secondary N) is 2. The zero-order valence-electron chi connectivity index (χ0n) is 15.5. The van der Waals surface area contributed by atoms with E-state index in [9.17, 15) is 13.2 Å². The molecule has 0 bridgehead atoms. The summed E-state index contributed by atoms with van der Waals surface area (Å²) in [5, 5.41) is 7.11. The lowest BCUT2D eigenvalue weighted by Gasteiger charge is -2.12. The van der Waals surface area contributed by atoms with Crippen molar-refractivity contribution in [2.45, 2.75) is 19.9 Å². The molecule has 0 saturated heterocycles. The Morgan fingerprint density at radius 2 is 1.79 bits per heavy atom. The van der Waals surface area contributed by atoms with Crippen molar-refractivity contribution in [1.82, 2.24) is 15.1 Å². The molecule has 3 aromatic rings. The summed E-state index contributed by atoms with van der Waals surface area (Å²) >= 11 is 0. The molecule has 8 heteroatoms. The van der Waals surface area contributed by atoms with Crippen LogP contribution in [-0.4, -0.2) is 29.9 Å². The largest absolute Gasteiger partial charge is 0.348 e. The highest BCUT2D eigenvalue weighted by Crippen LogP contribution is 2.17. The number of rotatable bonds is 8. The van der Waals surface area contributed by atoms with E-state index in [0.29, 0.717) is 6.42 Å². The first kappa shape index (κ1) is 19.6. The average molecular weight is 398 g/mol. The van der Waals surface area contributed by atoms with E-state index in [2.05, 4.69) is 15.1 Å². The minimum atomic E-state index is -3.48. The summed E-state index contributed by atoms with van der Waals surface area (Å²) in [6, 6.07) is 16.2. The molecule has 1 amide bonds. The molecule has 0 aliphatic rings. The molecular weight excluding hydrogens is 376 g/mol. The number of hydrogen-bond donors (Lipinski definition) is 2. The molecule has 2 N–H and O–H groups in total. The number of benzene rings is 2. The second-order valence-corrected chi connectivity index (χ2v) is 8.12. The number of anilines is 1. The van der Waals surface area contributed by atoms with Crippen LogP contribution in [-0.2, 0) is 16.6 Å². The van der Waals surface area contributed by atoms with Gasteiger partial charge in [-0.15, -0.1) is 0 Å². The molecule has 28 heavy (non-hydrogen) atoms. The van der Waals surface area contributed by atoms with Gasteiger partial charge in [0.05, 0.1) is 28.9 Å². The fourth-order valence-corrected chi connectivity index (χ4v) is 3.86. The predicted molar refractivity (Wildman–Crippen MR) is 109 cm³/mol. The van der Waals surface area contributed by atoms with Gasteiger partial charge in [0.2, 0.25) is 10.0 Å². The number of hydrogen-bond acceptors (Lipinski definition) is 4. The maximum Gasteiger partial charge on any atom is 0.253 e. The Kier molecular flexibility index (Phi) is 6.10. The topological polar surface area (TPSA) is 93.1 Å². The number of carbonyl (C=O) groups is 1. The maximum atomic E-state index is 12.6. The monoisotopic (exact) mass is 398 g/mol. The molecule has 0 aliphatic carbocycles. The highest BCUT2D eigenvalue weighted by atomic mass is 32.2. The van der Waals surface area contributed by atoms with Gasteiger partial charge in [0.1, 0.15) is 0 Å². The van der Waals surface area contributed by atoms with E-state index < -0.39 is 10.0 Å². The van der Waals surface area contributed by atoms with Crippen LogP contribution < -0.4 is 10.0 Å². The third kappa shape index (κ3) is 4.98. The van der Waals surface area contributed by atoms with Gasteiger partial charge < -0.3 is 5.32 Å². The number of sulfonamides is 1. The Bertz CT molecular complexity index is 1050. The summed E-state index contributed by atoms with van der Waals surface area (Å²) in [7, 11) is -3.48. The quantitative estimate of drug-likeness (QED) is 0.610. The Hall–Kier alpha value is -3.13. The van der Waals surface area contributed by atoms with Gasteiger partial charge in [-0.25, -0.2) is 13.1 Å². The van der Waals surface area contributed by atoms with E-state index in [1.54, 1.807) is 42.1 Å². The van der Waals surface area contributed by atoms with Gasteiger partial charge in [0, 0.05) is 18.3 Å². The summed E-state index contributed by atoms with van der Waals surface area (Å²) in [5.41, 5.74) is 2.31. The smallest absolute Gasteiger partial charge is 0.253 e. The van der Waals surface area contributed by atoms with Crippen molar-refractivity contribution in [3.8, 4) is 5.69 Å². The highest BCUT2D eigenvalue weighted by Gasteiger charge is 2.16. The molecule has 0 aliphatic heterocycles. The maximum absolute atomic E-state index is 12.6. The molecule has 2 aromatic carbocycles. The lowest BCUT2D eigenvalue weighted by atomic mass is 10.1. The van der Waals surface area contributed by atoms with Crippen LogP contribution >= 0.6 is 0 Å². The van der Waals surface area contributed by atoms with Crippen molar-refractivity contribution < 1.29 is 13.2 Å². The van der Waals surface area contributed by atoms with Crippen molar-refractivity contribution in [2.75, 3.05) is 10.5 Å². The van der Waals surface area contributed by atoms with E-state index in [-0.39, 0.29) is 29.5 Å². The van der Waals surface area contributed by atoms with Gasteiger partial charge >= 0.3 is 0 Å². The molecule has 7 nitrogen and oxygen atoms in total. The summed E-state index contributed by atoms with van der Waals surface area (Å²) in [6.45, 7) is 2.06. The van der Waals surface area contributed by atoms with Gasteiger partial charge in [0.15, 0.2) is 0 Å². The van der Waals surface area contributed by atoms with Gasteiger partial charge in [0.25, 0.3) is 5.91 Å². The second-order valence-electron chi connectivity index (χ2n) is 6.28. The standard InChI is InChI=1S/C20H22N4O3S/c1-2-12-28(26,27)23-19-11-7-6-10-18(19)20(25)21-13-16-14-22-24(15-16)17-8-4-3-5-9-17/h3-11,14-15,23H,2,12-13H2,1H3,(H,21,25). The minimum Gasteiger partial charge on any atom is -0.348 e. The fraction of sp³-hybridized carbons (Fsp3) is 0.200. The molecular formula is C20H22N4O3S. The predicted octanol–water partition coefficient (Wildman–Crippen LogP) is 2.95. The van der Waals surface area contributed by atoms with E-state index >= 15 is 0 Å². The Balaban J connectivity index is 1.68. The van der Waals surface area contributed by atoms with Crippen LogP contribution in [0.3, 0.4) is 0 Å². The molecule has 1 aromatic heterocycles. The van der Waals surface area contributed by atoms with E-state index in [1.165, 1.54) is 0 Å². The SMILES string of the molecule is CCCS(=O)(=O)Nc1ccccc1C(=O)NCc1cnn(-c2ccccc2)c1. The molecule has 1 heterocycles. The molecule has 3 rings (SSSR count). The molecule has 146 valence electrons. The van der Waals surface area contributed by atoms with Crippen LogP contribution in [0, 0.1) is 0 Å². The van der Waals surface area contributed by atoms with Crippen molar-refractivity contribution in [1.29, 1.82) is 0 Å². The van der Waals surface area contributed by atoms with Gasteiger partial charge in [-0.3, -0.25) is 9.52 Å². The Morgan fingerprint density at radius 1 is 1.07 bits per heavy atom. The fourth-order valence-electron chi connectivity index (χ4n) is 2.71. The minimum absolute atomic E-state index is 0.00161. The van der Waals surface area contributed by atoms with Crippen LogP contribution in [0.5, 0.6) is 0 Å². The summed E-state index contributed by atoms with van der Waals surface area (Å²) in [6.07, 6.45) is 4.02. The van der Waals surface area contributed by atoms with Crippen LogP contribution in [0.4, 0.5) is 5.69 Å². The molecule has 0 unspecified atom stereocenters. The summed E-state index contributed by atoms with van der Waals surface area (Å²) < 4.78 is 28.3. The van der Waals surface area contributed by atoms with Gasteiger partial charge in [-0.05, 0) is 30.7 Å². The third-order valence-corrected chi connectivity index (χ3v) is 5.50. The summed E-state index contributed by atoms with van der Waals surface area (Å²) in [5.74, 6) is -0.357. The van der Waals surface area contributed by atoms with Crippen LogP contribution in [0.1, 0.15) is 29.3 Å². The second kappa shape index (κ2) is 8.71. The van der Waals surface area contributed by atoms with Crippen molar-refractivity contribution >= 4 is 21.6 Å². The first-order valence-electron chi connectivity index (χ1n) is 8.95. The van der Waals surface area contributed by atoms with Crippen LogP contribution in [0.25, 0.3) is 5.69 Å². The lowest BCUT2D eigenvalue weighted by molar-refractivity contribution is 0.0952. The number of para-hydroxylation sites is 2. The molecule has 0 radical (unpaired) electrons. The zero-order chi connectivity index (χ0) is 20.0. The average Bonchev–Trinajstić information content (AvgIpc) is 3.16. The number of aromatic nitrogens is 2. The Labute approximate surface area is 164 Å². The van der Waals surface area contributed by atoms with E-state index in [4.69, 9.17) is 0 Å². The van der Waals surface area contributed by atoms with Crippen molar-refractivity contribution in [2.24, 2.45) is 0 Å². The number of carbonyl (C=O) groups excluding carboxylic acids is 1. The van der Waals surface area contributed by atoms with Crippen molar-refractivity contribution in [3.05, 3.63) is 78.1 Å².